The van der Waals surface area contributed by atoms with E-state index < -0.39 is 21.4 Å². The highest BCUT2D eigenvalue weighted by Gasteiger charge is 2.33. The van der Waals surface area contributed by atoms with Crippen molar-refractivity contribution in [2.24, 2.45) is 15.0 Å². The molecular weight excluding hydrogens is 892 g/mol. The molecule has 1 aliphatic rings. The molecule has 1 aliphatic carbocycles. The third kappa shape index (κ3) is 9.73. The van der Waals surface area contributed by atoms with Crippen molar-refractivity contribution in [2.75, 3.05) is 0 Å². The second-order valence-corrected chi connectivity index (χ2v) is 24.2. The Kier molecular flexibility index (Phi) is 14.9. The monoisotopic (exact) mass is 941 g/mol. The SMILES string of the molecule is C=C/C=C(\C=C)P(=O)(c1ccccc1)c1ccc(/C(N=C)=N/C(=N\Cc2ccc(P(=O)(c3ccccc3)c3ccccc3)cc2)c2ccc(P(=O)(C3=CC=CCC=C3)c3ccccc3)cc2)cc1. The van der Waals surface area contributed by atoms with Crippen LogP contribution in [0.3, 0.4) is 0 Å². The molecule has 0 N–H and O–H groups in total. The molecule has 0 spiro atoms. The second kappa shape index (κ2) is 21.5. The van der Waals surface area contributed by atoms with Crippen LogP contribution in [0.15, 0.2) is 281 Å². The Hall–Kier alpha value is -7.32. The lowest BCUT2D eigenvalue weighted by Crippen LogP contribution is -2.24. The third-order valence-corrected chi connectivity index (χ3v) is 21.0. The molecular formula is C59H50N3O3P3. The fourth-order valence-corrected chi connectivity index (χ4v) is 16.1. The van der Waals surface area contributed by atoms with Crippen LogP contribution in [0.5, 0.6) is 0 Å². The first kappa shape index (κ1) is 47.2. The topological polar surface area (TPSA) is 88.3 Å². The molecule has 0 heterocycles. The molecule has 0 fully saturated rings. The highest BCUT2D eigenvalue weighted by Crippen LogP contribution is 2.53. The molecule has 0 aromatic heterocycles. The summed E-state index contributed by atoms with van der Waals surface area (Å²) in [6.45, 7) is 12.0. The van der Waals surface area contributed by atoms with Gasteiger partial charge in [0.2, 0.25) is 0 Å². The average Bonchev–Trinajstić information content (AvgIpc) is 3.71. The molecule has 0 amide bonds. The summed E-state index contributed by atoms with van der Waals surface area (Å²) in [4.78, 5) is 14.5. The zero-order valence-corrected chi connectivity index (χ0v) is 40.2. The summed E-state index contributed by atoms with van der Waals surface area (Å²) in [5.74, 6) is 0.673. The largest absolute Gasteiger partial charge is 0.309 e. The minimum absolute atomic E-state index is 0.234. The maximum Gasteiger partial charge on any atom is 0.171 e. The van der Waals surface area contributed by atoms with Gasteiger partial charge in [-0.15, -0.1) is 0 Å². The van der Waals surface area contributed by atoms with E-state index in [1.807, 2.05) is 225 Å². The van der Waals surface area contributed by atoms with Gasteiger partial charge in [0, 0.05) is 58.9 Å². The standard InChI is InChI=1S/C59H50N3O3P3/c1-4-22-49(5-2)66(63,50-25-14-8-15-26-50)56-41-35-47(36-42-56)58(60-3)62-59(48-37-43-57(44-38-48)68(65,54-31-20-11-21-32-54)51-23-12-6-7-13-24-51)61-45-46-33-39-55(40-34-46)67(64,52-27-16-9-17-28-52)53-29-18-10-19-30-53/h4-6,8-44H,1-3,7,45H2/b49-22+,61-59-,62-58-. The Balaban J connectivity index is 1.20. The lowest BCUT2D eigenvalue weighted by Gasteiger charge is -2.21. The summed E-state index contributed by atoms with van der Waals surface area (Å²) >= 11 is 0. The van der Waals surface area contributed by atoms with Gasteiger partial charge in [-0.3, -0.25) is 4.99 Å². The lowest BCUT2D eigenvalue weighted by atomic mass is 10.2. The van der Waals surface area contributed by atoms with E-state index in [0.29, 0.717) is 49.3 Å². The normalized spacial score (nSPS) is 15.0. The summed E-state index contributed by atoms with van der Waals surface area (Å²) in [6.07, 6.45) is 15.7. The Labute approximate surface area is 399 Å². The molecule has 68 heavy (non-hydrogen) atoms. The van der Waals surface area contributed by atoms with Crippen molar-refractivity contribution in [2.45, 2.75) is 13.0 Å². The third-order valence-electron chi connectivity index (χ3n) is 11.7. The van der Waals surface area contributed by atoms with Crippen molar-refractivity contribution in [3.05, 3.63) is 283 Å². The molecule has 334 valence electrons. The van der Waals surface area contributed by atoms with Crippen molar-refractivity contribution in [1.82, 2.24) is 0 Å². The van der Waals surface area contributed by atoms with Gasteiger partial charge in [-0.2, -0.15) is 0 Å². The van der Waals surface area contributed by atoms with Gasteiger partial charge in [0.15, 0.2) is 33.1 Å². The molecule has 0 radical (unpaired) electrons. The van der Waals surface area contributed by atoms with Crippen LogP contribution in [0.4, 0.5) is 0 Å². The Bertz CT molecular complexity index is 3220. The van der Waals surface area contributed by atoms with E-state index in [0.717, 1.165) is 33.2 Å². The molecule has 0 bridgehead atoms. The van der Waals surface area contributed by atoms with E-state index in [4.69, 9.17) is 9.98 Å². The zero-order chi connectivity index (χ0) is 47.4. The van der Waals surface area contributed by atoms with E-state index in [2.05, 4.69) is 24.9 Å². The van der Waals surface area contributed by atoms with Crippen LogP contribution in [0.1, 0.15) is 23.1 Å². The maximum atomic E-state index is 15.4. The van der Waals surface area contributed by atoms with Crippen LogP contribution in [0, 0.1) is 0 Å². The Morgan fingerprint density at radius 1 is 0.515 bits per heavy atom. The van der Waals surface area contributed by atoms with Gasteiger partial charge in [-0.05, 0) is 18.7 Å². The van der Waals surface area contributed by atoms with Crippen LogP contribution < -0.4 is 37.1 Å². The van der Waals surface area contributed by atoms with Crippen molar-refractivity contribution < 1.29 is 13.7 Å². The van der Waals surface area contributed by atoms with E-state index in [1.54, 1.807) is 18.2 Å². The molecule has 0 saturated carbocycles. The van der Waals surface area contributed by atoms with Gasteiger partial charge in [0.05, 0.1) is 6.54 Å². The first-order chi connectivity index (χ1) is 33.2. The zero-order valence-electron chi connectivity index (χ0n) is 37.5. The summed E-state index contributed by atoms with van der Waals surface area (Å²) < 4.78 is 45.6. The van der Waals surface area contributed by atoms with Crippen molar-refractivity contribution in [1.29, 1.82) is 0 Å². The fraction of sp³-hybridized carbons (Fsp3) is 0.0339. The minimum Gasteiger partial charge on any atom is -0.309 e. The molecule has 2 atom stereocenters. The van der Waals surface area contributed by atoms with E-state index in [-0.39, 0.29) is 6.54 Å². The Morgan fingerprint density at radius 2 is 0.956 bits per heavy atom. The highest BCUT2D eigenvalue weighted by atomic mass is 31.2. The predicted octanol–water partition coefficient (Wildman–Crippen LogP) is 11.7. The fourth-order valence-electron chi connectivity index (χ4n) is 8.19. The average molecular weight is 942 g/mol. The summed E-state index contributed by atoms with van der Waals surface area (Å²) in [7, 11) is -9.78. The lowest BCUT2D eigenvalue weighted by molar-refractivity contribution is 0.590. The number of hydrogen-bond donors (Lipinski definition) is 0. The summed E-state index contributed by atoms with van der Waals surface area (Å²) in [5, 5.41) is 6.22. The first-order valence-corrected chi connectivity index (χ1v) is 27.3. The second-order valence-electron chi connectivity index (χ2n) is 15.9. The number of rotatable bonds is 15. The molecule has 6 nitrogen and oxygen atoms in total. The number of hydrogen-bond acceptors (Lipinski definition) is 4. The van der Waals surface area contributed by atoms with E-state index in [1.165, 1.54) is 0 Å². The molecule has 2 unspecified atom stereocenters. The summed E-state index contributed by atoms with van der Waals surface area (Å²) in [5.41, 5.74) is 2.18. The van der Waals surface area contributed by atoms with E-state index >= 15 is 13.7 Å². The van der Waals surface area contributed by atoms with Crippen LogP contribution in [0.2, 0.25) is 0 Å². The van der Waals surface area contributed by atoms with Gasteiger partial charge in [0.1, 0.15) is 0 Å². The predicted molar refractivity (Wildman–Crippen MR) is 291 cm³/mol. The van der Waals surface area contributed by atoms with Gasteiger partial charge in [-0.25, -0.2) is 9.98 Å². The van der Waals surface area contributed by atoms with Crippen LogP contribution in [-0.4, -0.2) is 18.4 Å². The Morgan fingerprint density at radius 3 is 1.47 bits per heavy atom. The van der Waals surface area contributed by atoms with Gasteiger partial charge >= 0.3 is 0 Å². The van der Waals surface area contributed by atoms with Crippen LogP contribution in [0.25, 0.3) is 0 Å². The minimum atomic E-state index is -3.32. The van der Waals surface area contributed by atoms with Crippen molar-refractivity contribution >= 4 is 76.9 Å². The molecule has 8 rings (SSSR count). The van der Waals surface area contributed by atoms with Crippen molar-refractivity contribution in [3.63, 3.8) is 0 Å². The van der Waals surface area contributed by atoms with Gasteiger partial charge in [-0.1, -0.05) is 256 Å². The highest BCUT2D eigenvalue weighted by molar-refractivity contribution is 7.85. The molecule has 9 heteroatoms. The number of amidine groups is 2. The van der Waals surface area contributed by atoms with E-state index in [9.17, 15) is 0 Å². The molecule has 0 aliphatic heterocycles. The smallest absolute Gasteiger partial charge is 0.171 e. The van der Waals surface area contributed by atoms with Crippen LogP contribution in [-0.2, 0) is 20.2 Å². The maximum absolute atomic E-state index is 15.4. The van der Waals surface area contributed by atoms with Gasteiger partial charge in [0.25, 0.3) is 0 Å². The quantitative estimate of drug-likeness (QED) is 0.0444. The molecule has 7 aromatic carbocycles. The first-order valence-electron chi connectivity index (χ1n) is 22.2. The summed E-state index contributed by atoms with van der Waals surface area (Å²) in [6, 6.07) is 60.8. The molecule has 7 aromatic rings. The van der Waals surface area contributed by atoms with Crippen LogP contribution >= 0.6 is 21.4 Å². The molecule has 0 saturated heterocycles. The number of aliphatic imine (C=N–C) groups is 3. The number of nitrogens with zero attached hydrogens (tertiary/aromatic N) is 3. The number of benzene rings is 7. The van der Waals surface area contributed by atoms with Crippen molar-refractivity contribution in [3.8, 4) is 0 Å². The van der Waals surface area contributed by atoms with Gasteiger partial charge < -0.3 is 13.7 Å². The number of allylic oxidation sites excluding steroid dienone is 10.